The fraction of sp³-hybridized carbons (Fsp3) is 0.0323. The molecule has 1 aliphatic heterocycles. The Balaban J connectivity index is 1.28. The first kappa shape index (κ1) is 23.6. The van der Waals surface area contributed by atoms with Gasteiger partial charge < -0.3 is 20.0 Å². The molecular weight excluding hydrogens is 498 g/mol. The van der Waals surface area contributed by atoms with Crippen molar-refractivity contribution in [3.05, 3.63) is 131 Å². The van der Waals surface area contributed by atoms with E-state index in [1.807, 2.05) is 60.7 Å². The van der Waals surface area contributed by atoms with Gasteiger partial charge in [-0.1, -0.05) is 60.1 Å². The van der Waals surface area contributed by atoms with E-state index in [9.17, 15) is 9.59 Å². The van der Waals surface area contributed by atoms with Gasteiger partial charge in [-0.2, -0.15) is 0 Å². The van der Waals surface area contributed by atoms with Crippen LogP contribution < -0.4 is 15.5 Å². The second kappa shape index (κ2) is 9.92. The molecule has 0 atom stereocenters. The van der Waals surface area contributed by atoms with Crippen molar-refractivity contribution in [2.75, 3.05) is 15.5 Å². The van der Waals surface area contributed by atoms with E-state index in [4.69, 9.17) is 16.0 Å². The Morgan fingerprint density at radius 3 is 2.39 bits per heavy atom. The highest BCUT2D eigenvalue weighted by Crippen LogP contribution is 2.37. The number of para-hydroxylation sites is 3. The SMILES string of the molecule is O=C(Nc1ccc(C(=O)N2Cc3ccccc3Nc3ccccc32)c(Cl)c1)c1ccccc1-c1ccco1. The number of amides is 2. The lowest BCUT2D eigenvalue weighted by molar-refractivity contribution is 0.0984. The molecule has 0 radical (unpaired) electrons. The summed E-state index contributed by atoms with van der Waals surface area (Å²) in [4.78, 5) is 28.6. The summed E-state index contributed by atoms with van der Waals surface area (Å²) in [5, 5.41) is 6.56. The molecule has 0 saturated carbocycles. The number of fused-ring (bicyclic) bond motifs is 2. The van der Waals surface area contributed by atoms with Gasteiger partial charge in [0.05, 0.1) is 40.3 Å². The fourth-order valence-corrected chi connectivity index (χ4v) is 4.88. The standard InChI is InChI=1S/C31H22ClN3O3/c32-25-18-21(33-30(36)23-10-3-2-9-22(23)29-14-7-17-38-29)15-16-24(25)31(37)35-19-20-8-1-4-11-26(20)34-27-12-5-6-13-28(27)35/h1-18,34H,19H2,(H,33,36). The van der Waals surface area contributed by atoms with Gasteiger partial charge in [0.15, 0.2) is 0 Å². The summed E-state index contributed by atoms with van der Waals surface area (Å²) in [6, 6.07) is 31.3. The highest BCUT2D eigenvalue weighted by atomic mass is 35.5. The number of carbonyl (C=O) groups is 2. The molecule has 5 aromatic rings. The Hall–Kier alpha value is -4.81. The number of hydrogen-bond acceptors (Lipinski definition) is 4. The zero-order valence-corrected chi connectivity index (χ0v) is 20.9. The normalized spacial score (nSPS) is 12.1. The van der Waals surface area contributed by atoms with Crippen LogP contribution >= 0.6 is 11.6 Å². The topological polar surface area (TPSA) is 74.6 Å². The van der Waals surface area contributed by atoms with Crippen molar-refractivity contribution in [3.8, 4) is 11.3 Å². The molecule has 0 saturated heterocycles. The van der Waals surface area contributed by atoms with Crippen LogP contribution in [0.15, 0.2) is 114 Å². The smallest absolute Gasteiger partial charge is 0.260 e. The third-order valence-corrected chi connectivity index (χ3v) is 6.78. The molecule has 0 spiro atoms. The molecule has 7 heteroatoms. The van der Waals surface area contributed by atoms with E-state index in [2.05, 4.69) is 10.6 Å². The average Bonchev–Trinajstić information content (AvgIpc) is 3.42. The number of halogens is 1. The van der Waals surface area contributed by atoms with Crippen LogP contribution in [0.4, 0.5) is 22.7 Å². The summed E-state index contributed by atoms with van der Waals surface area (Å²) in [6.45, 7) is 0.386. The number of anilines is 4. The van der Waals surface area contributed by atoms with Gasteiger partial charge >= 0.3 is 0 Å². The summed E-state index contributed by atoms with van der Waals surface area (Å²) < 4.78 is 5.49. The number of nitrogens with zero attached hydrogens (tertiary/aromatic N) is 1. The Morgan fingerprint density at radius 1 is 0.816 bits per heavy atom. The lowest BCUT2D eigenvalue weighted by atomic mass is 10.0. The van der Waals surface area contributed by atoms with Crippen LogP contribution in [0.3, 0.4) is 0 Å². The molecule has 0 aliphatic carbocycles. The first-order valence-corrected chi connectivity index (χ1v) is 12.5. The maximum absolute atomic E-state index is 13.8. The largest absolute Gasteiger partial charge is 0.464 e. The average molecular weight is 520 g/mol. The van der Waals surface area contributed by atoms with E-state index in [1.165, 1.54) is 0 Å². The lowest BCUT2D eigenvalue weighted by Crippen LogP contribution is -2.30. The highest BCUT2D eigenvalue weighted by Gasteiger charge is 2.26. The zero-order valence-electron chi connectivity index (χ0n) is 20.1. The fourth-order valence-electron chi connectivity index (χ4n) is 4.61. The molecule has 1 aliphatic rings. The maximum Gasteiger partial charge on any atom is 0.260 e. The van der Waals surface area contributed by atoms with E-state index in [0.717, 1.165) is 22.6 Å². The van der Waals surface area contributed by atoms with Gasteiger partial charge in [-0.05, 0) is 60.2 Å². The van der Waals surface area contributed by atoms with E-state index in [-0.39, 0.29) is 16.8 Å². The molecule has 38 heavy (non-hydrogen) atoms. The van der Waals surface area contributed by atoms with E-state index >= 15 is 0 Å². The van der Waals surface area contributed by atoms with Crippen molar-refractivity contribution < 1.29 is 14.0 Å². The highest BCUT2D eigenvalue weighted by molar-refractivity contribution is 6.35. The molecule has 0 unspecified atom stereocenters. The number of benzene rings is 4. The summed E-state index contributed by atoms with van der Waals surface area (Å²) in [6.07, 6.45) is 1.57. The molecule has 2 N–H and O–H groups in total. The van der Waals surface area contributed by atoms with Gasteiger partial charge in [0.25, 0.3) is 11.8 Å². The van der Waals surface area contributed by atoms with Gasteiger partial charge in [0.1, 0.15) is 5.76 Å². The minimum absolute atomic E-state index is 0.234. The maximum atomic E-state index is 13.8. The molecule has 2 amide bonds. The van der Waals surface area contributed by atoms with Gasteiger partial charge in [-0.3, -0.25) is 9.59 Å². The molecule has 2 heterocycles. The second-order valence-electron chi connectivity index (χ2n) is 8.86. The summed E-state index contributed by atoms with van der Waals surface area (Å²) in [7, 11) is 0. The third-order valence-electron chi connectivity index (χ3n) is 6.47. The first-order valence-electron chi connectivity index (χ1n) is 12.1. The molecule has 0 fully saturated rings. The lowest BCUT2D eigenvalue weighted by Gasteiger charge is -2.23. The number of rotatable bonds is 4. The minimum atomic E-state index is -0.309. The minimum Gasteiger partial charge on any atom is -0.464 e. The molecular formula is C31H22ClN3O3. The Kier molecular flexibility index (Phi) is 6.15. The molecule has 6 nitrogen and oxygen atoms in total. The summed E-state index contributed by atoms with van der Waals surface area (Å²) >= 11 is 6.62. The first-order chi connectivity index (χ1) is 18.6. The Bertz CT molecular complexity index is 1660. The van der Waals surface area contributed by atoms with Crippen molar-refractivity contribution in [1.29, 1.82) is 0 Å². The van der Waals surface area contributed by atoms with Crippen LogP contribution in [0, 0.1) is 0 Å². The molecule has 186 valence electrons. The van der Waals surface area contributed by atoms with Crippen LogP contribution in [0.1, 0.15) is 26.3 Å². The van der Waals surface area contributed by atoms with Gasteiger partial charge in [-0.25, -0.2) is 0 Å². The molecule has 4 aromatic carbocycles. The molecule has 0 bridgehead atoms. The van der Waals surface area contributed by atoms with Crippen molar-refractivity contribution in [2.45, 2.75) is 6.54 Å². The van der Waals surface area contributed by atoms with Crippen LogP contribution in [0.25, 0.3) is 11.3 Å². The van der Waals surface area contributed by atoms with Crippen LogP contribution in [-0.4, -0.2) is 11.8 Å². The van der Waals surface area contributed by atoms with E-state index in [0.29, 0.717) is 34.7 Å². The number of nitrogens with one attached hydrogen (secondary N) is 2. The van der Waals surface area contributed by atoms with Gasteiger partial charge in [-0.15, -0.1) is 0 Å². The summed E-state index contributed by atoms with van der Waals surface area (Å²) in [5.74, 6) is 0.0572. The Labute approximate surface area is 224 Å². The Morgan fingerprint density at radius 2 is 1.58 bits per heavy atom. The van der Waals surface area contributed by atoms with E-state index < -0.39 is 0 Å². The van der Waals surface area contributed by atoms with Crippen molar-refractivity contribution in [2.24, 2.45) is 0 Å². The van der Waals surface area contributed by atoms with Gasteiger partial charge in [0, 0.05) is 16.9 Å². The molecule has 1 aromatic heterocycles. The third kappa shape index (κ3) is 4.42. The monoisotopic (exact) mass is 519 g/mol. The summed E-state index contributed by atoms with van der Waals surface area (Å²) in [5.41, 5.74) is 5.51. The van der Waals surface area contributed by atoms with Gasteiger partial charge in [0.2, 0.25) is 0 Å². The van der Waals surface area contributed by atoms with Crippen molar-refractivity contribution in [3.63, 3.8) is 0 Å². The number of furan rings is 1. The number of carbonyl (C=O) groups excluding carboxylic acids is 2. The second-order valence-corrected chi connectivity index (χ2v) is 9.27. The zero-order chi connectivity index (χ0) is 26.1. The van der Waals surface area contributed by atoms with Crippen molar-refractivity contribution in [1.82, 2.24) is 0 Å². The quantitative estimate of drug-likeness (QED) is 0.254. The van der Waals surface area contributed by atoms with E-state index in [1.54, 1.807) is 53.6 Å². The number of hydrogen-bond donors (Lipinski definition) is 2. The van der Waals surface area contributed by atoms with Crippen LogP contribution in [0.2, 0.25) is 5.02 Å². The molecule has 6 rings (SSSR count). The predicted molar refractivity (Wildman–Crippen MR) is 150 cm³/mol. The van der Waals surface area contributed by atoms with Crippen LogP contribution in [-0.2, 0) is 6.54 Å². The van der Waals surface area contributed by atoms with Crippen LogP contribution in [0.5, 0.6) is 0 Å². The predicted octanol–water partition coefficient (Wildman–Crippen LogP) is 7.76. The van der Waals surface area contributed by atoms with Crippen molar-refractivity contribution >= 4 is 46.2 Å².